The minimum absolute atomic E-state index is 0.126. The quantitative estimate of drug-likeness (QED) is 0.239. The Kier molecular flexibility index (Phi) is 17.2. The first-order chi connectivity index (χ1) is 13.9. The molecule has 0 aromatic rings. The number of ketones is 1. The van der Waals surface area contributed by atoms with E-state index in [4.69, 9.17) is 5.11 Å². The molecule has 29 heavy (non-hydrogen) atoms. The van der Waals surface area contributed by atoms with Gasteiger partial charge in [0.15, 0.2) is 5.78 Å². The zero-order valence-electron chi connectivity index (χ0n) is 18.4. The molecule has 0 bridgehead atoms. The SMILES string of the molecule is CCCCCCCCCCCC(=O)N(CCCC)CC(=O)[C@@H](O)[C@H](O)[C@H](O)CO. The maximum absolute atomic E-state index is 12.5. The van der Waals surface area contributed by atoms with Crippen LogP contribution in [0.25, 0.3) is 0 Å². The second-order valence-electron chi connectivity index (χ2n) is 7.90. The largest absolute Gasteiger partial charge is 0.394 e. The van der Waals surface area contributed by atoms with Gasteiger partial charge >= 0.3 is 0 Å². The number of aliphatic hydroxyl groups excluding tert-OH is 4. The van der Waals surface area contributed by atoms with E-state index in [1.54, 1.807) is 0 Å². The standard InChI is InChI=1S/C22H43NO6/c1-3-5-7-8-9-10-11-12-13-14-20(27)23(15-6-4-2)16-18(25)21(28)22(29)19(26)17-24/h19,21-22,24,26,28-29H,3-17H2,1-2H3/t19-,21-,22-/m1/s1. The minimum atomic E-state index is -1.83. The number of hydrogen-bond donors (Lipinski definition) is 4. The topological polar surface area (TPSA) is 118 Å². The van der Waals surface area contributed by atoms with E-state index in [2.05, 4.69) is 6.92 Å². The summed E-state index contributed by atoms with van der Waals surface area (Å²) in [5.41, 5.74) is 0. The summed E-state index contributed by atoms with van der Waals surface area (Å²) in [5.74, 6) is -0.860. The first-order valence-corrected chi connectivity index (χ1v) is 11.3. The number of nitrogens with zero attached hydrogens (tertiary/aromatic N) is 1. The molecule has 172 valence electrons. The van der Waals surface area contributed by atoms with Gasteiger partial charge in [-0.2, -0.15) is 0 Å². The molecule has 7 nitrogen and oxygen atoms in total. The van der Waals surface area contributed by atoms with E-state index in [-0.39, 0.29) is 12.5 Å². The number of unbranched alkanes of at least 4 members (excludes halogenated alkanes) is 9. The van der Waals surface area contributed by atoms with Gasteiger partial charge in [-0.1, -0.05) is 71.6 Å². The van der Waals surface area contributed by atoms with E-state index in [1.807, 2.05) is 6.92 Å². The van der Waals surface area contributed by atoms with Crippen molar-refractivity contribution >= 4 is 11.7 Å². The minimum Gasteiger partial charge on any atom is -0.394 e. The average Bonchev–Trinajstić information content (AvgIpc) is 2.73. The molecule has 0 aromatic heterocycles. The number of Topliss-reactive ketones (excluding diaryl/α,β-unsaturated/α-hetero) is 1. The third-order valence-electron chi connectivity index (χ3n) is 5.21. The first-order valence-electron chi connectivity index (χ1n) is 11.3. The van der Waals surface area contributed by atoms with Crippen LogP contribution in [0.3, 0.4) is 0 Å². The van der Waals surface area contributed by atoms with Gasteiger partial charge in [0.25, 0.3) is 0 Å². The van der Waals surface area contributed by atoms with Crippen molar-refractivity contribution in [1.29, 1.82) is 0 Å². The van der Waals surface area contributed by atoms with Crippen LogP contribution in [0.4, 0.5) is 0 Å². The molecular weight excluding hydrogens is 374 g/mol. The zero-order chi connectivity index (χ0) is 22.1. The maximum atomic E-state index is 12.5. The number of rotatable bonds is 19. The lowest BCUT2D eigenvalue weighted by atomic mass is 10.0. The van der Waals surface area contributed by atoms with Crippen molar-refractivity contribution in [2.75, 3.05) is 19.7 Å². The fourth-order valence-electron chi connectivity index (χ4n) is 3.18. The Morgan fingerprint density at radius 2 is 1.31 bits per heavy atom. The monoisotopic (exact) mass is 417 g/mol. The molecule has 0 unspecified atom stereocenters. The van der Waals surface area contributed by atoms with Gasteiger partial charge in [-0.05, 0) is 12.8 Å². The highest BCUT2D eigenvalue weighted by molar-refractivity contribution is 5.89. The molecule has 1 amide bonds. The van der Waals surface area contributed by atoms with E-state index in [0.717, 1.165) is 32.1 Å². The summed E-state index contributed by atoms with van der Waals surface area (Å²) in [6.45, 7) is 3.55. The second kappa shape index (κ2) is 17.8. The Morgan fingerprint density at radius 3 is 1.83 bits per heavy atom. The molecule has 0 heterocycles. The van der Waals surface area contributed by atoms with Gasteiger partial charge in [-0.3, -0.25) is 9.59 Å². The summed E-state index contributed by atoms with van der Waals surface area (Å²) < 4.78 is 0. The van der Waals surface area contributed by atoms with Crippen molar-refractivity contribution in [3.05, 3.63) is 0 Å². The lowest BCUT2D eigenvalue weighted by molar-refractivity contribution is -0.145. The molecule has 7 heteroatoms. The molecule has 0 spiro atoms. The van der Waals surface area contributed by atoms with Gasteiger partial charge < -0.3 is 25.3 Å². The van der Waals surface area contributed by atoms with Crippen molar-refractivity contribution in [3.63, 3.8) is 0 Å². The normalized spacial score (nSPS) is 14.4. The molecule has 0 rings (SSSR count). The van der Waals surface area contributed by atoms with Crippen LogP contribution < -0.4 is 0 Å². The van der Waals surface area contributed by atoms with Gasteiger partial charge in [0, 0.05) is 13.0 Å². The lowest BCUT2D eigenvalue weighted by Crippen LogP contribution is -2.48. The van der Waals surface area contributed by atoms with E-state index in [1.165, 1.54) is 43.4 Å². The van der Waals surface area contributed by atoms with E-state index >= 15 is 0 Å². The Bertz CT molecular complexity index is 432. The molecule has 4 N–H and O–H groups in total. The summed E-state index contributed by atoms with van der Waals surface area (Å²) in [5, 5.41) is 37.8. The van der Waals surface area contributed by atoms with Crippen LogP contribution in [-0.4, -0.2) is 75.0 Å². The Labute approximate surface area is 176 Å². The van der Waals surface area contributed by atoms with Gasteiger partial charge in [0.1, 0.15) is 18.3 Å². The van der Waals surface area contributed by atoms with Crippen LogP contribution >= 0.6 is 0 Å². The van der Waals surface area contributed by atoms with Gasteiger partial charge in [0.2, 0.25) is 5.91 Å². The Balaban J connectivity index is 4.33. The Hall–Kier alpha value is -1.02. The number of carbonyl (C=O) groups excluding carboxylic acids is 2. The summed E-state index contributed by atoms with van der Waals surface area (Å²) in [6.07, 6.45) is 7.19. The highest BCUT2D eigenvalue weighted by atomic mass is 16.4. The van der Waals surface area contributed by atoms with Gasteiger partial charge in [0.05, 0.1) is 13.2 Å². The van der Waals surface area contributed by atoms with Crippen molar-refractivity contribution in [1.82, 2.24) is 4.90 Å². The van der Waals surface area contributed by atoms with Crippen molar-refractivity contribution < 1.29 is 30.0 Å². The van der Waals surface area contributed by atoms with Gasteiger partial charge in [-0.25, -0.2) is 0 Å². The van der Waals surface area contributed by atoms with Crippen LogP contribution in [0.1, 0.15) is 90.9 Å². The smallest absolute Gasteiger partial charge is 0.222 e. The summed E-state index contributed by atoms with van der Waals surface area (Å²) >= 11 is 0. The van der Waals surface area contributed by atoms with Crippen LogP contribution in [-0.2, 0) is 9.59 Å². The molecule has 0 saturated heterocycles. The highest BCUT2D eigenvalue weighted by Gasteiger charge is 2.31. The van der Waals surface area contributed by atoms with E-state index in [0.29, 0.717) is 13.0 Å². The van der Waals surface area contributed by atoms with Crippen molar-refractivity contribution in [3.8, 4) is 0 Å². The van der Waals surface area contributed by atoms with Crippen LogP contribution in [0.15, 0.2) is 0 Å². The first kappa shape index (κ1) is 28.0. The molecule has 0 aliphatic carbocycles. The number of hydrogen-bond acceptors (Lipinski definition) is 6. The predicted octanol–water partition coefficient (Wildman–Crippen LogP) is 2.18. The Morgan fingerprint density at radius 1 is 0.793 bits per heavy atom. The number of carbonyl (C=O) groups is 2. The van der Waals surface area contributed by atoms with Crippen LogP contribution in [0, 0.1) is 0 Å². The summed E-state index contributed by atoms with van der Waals surface area (Å²) in [4.78, 5) is 26.2. The molecule has 0 saturated carbocycles. The molecule has 0 aromatic carbocycles. The summed E-state index contributed by atoms with van der Waals surface area (Å²) in [6, 6.07) is 0. The molecular formula is C22H43NO6. The van der Waals surface area contributed by atoms with Crippen molar-refractivity contribution in [2.24, 2.45) is 0 Å². The van der Waals surface area contributed by atoms with Gasteiger partial charge in [-0.15, -0.1) is 0 Å². The molecule has 3 atom stereocenters. The fraction of sp³-hybridized carbons (Fsp3) is 0.909. The lowest BCUT2D eigenvalue weighted by Gasteiger charge is -2.26. The molecule has 0 radical (unpaired) electrons. The van der Waals surface area contributed by atoms with Crippen molar-refractivity contribution in [2.45, 2.75) is 109 Å². The van der Waals surface area contributed by atoms with Crippen LogP contribution in [0.2, 0.25) is 0 Å². The average molecular weight is 418 g/mol. The predicted molar refractivity (Wildman–Crippen MR) is 113 cm³/mol. The zero-order valence-corrected chi connectivity index (χ0v) is 18.4. The highest BCUT2D eigenvalue weighted by Crippen LogP contribution is 2.12. The van der Waals surface area contributed by atoms with E-state index in [9.17, 15) is 24.9 Å². The molecule has 0 aliphatic rings. The van der Waals surface area contributed by atoms with Crippen LogP contribution in [0.5, 0.6) is 0 Å². The number of aliphatic hydroxyl groups is 4. The third-order valence-corrected chi connectivity index (χ3v) is 5.21. The third kappa shape index (κ3) is 13.0. The molecule has 0 fully saturated rings. The maximum Gasteiger partial charge on any atom is 0.222 e. The molecule has 0 aliphatic heterocycles. The second-order valence-corrected chi connectivity index (χ2v) is 7.90. The number of amides is 1. The van der Waals surface area contributed by atoms with E-state index < -0.39 is 30.7 Å². The summed E-state index contributed by atoms with van der Waals surface area (Å²) in [7, 11) is 0. The fourth-order valence-corrected chi connectivity index (χ4v) is 3.18.